The Morgan fingerprint density at radius 2 is 2.08 bits per heavy atom. The van der Waals surface area contributed by atoms with Gasteiger partial charge < -0.3 is 9.73 Å². The van der Waals surface area contributed by atoms with Crippen molar-refractivity contribution in [3.63, 3.8) is 0 Å². The van der Waals surface area contributed by atoms with E-state index in [0.717, 1.165) is 0 Å². The number of aryl methyl sites for hydroxylation is 2. The van der Waals surface area contributed by atoms with Gasteiger partial charge >= 0.3 is 0 Å². The second kappa shape index (κ2) is 7.01. The molecule has 9 heteroatoms. The Morgan fingerprint density at radius 3 is 2.64 bits per heavy atom. The van der Waals surface area contributed by atoms with E-state index < -0.39 is 10.0 Å². The van der Waals surface area contributed by atoms with Gasteiger partial charge in [0, 0.05) is 32.9 Å². The van der Waals surface area contributed by atoms with Crippen LogP contribution in [0.5, 0.6) is 0 Å². The van der Waals surface area contributed by atoms with Crippen molar-refractivity contribution < 1.29 is 17.6 Å². The Morgan fingerprint density at radius 1 is 1.36 bits per heavy atom. The minimum atomic E-state index is -3.57. The SMILES string of the molecule is Cc1ccc(S(=O)(=O)N2CCC(CNC(=O)c3cnn(C)c3)CC2)o1. The molecular formula is C16H22N4O4S. The average Bonchev–Trinajstić information content (AvgIpc) is 3.22. The standard InChI is InChI=1S/C16H22N4O4S/c1-12-3-4-15(24-12)25(22,23)20-7-5-13(6-8-20)9-17-16(21)14-10-18-19(2)11-14/h3-4,10-11,13H,5-9H2,1-2H3,(H,17,21). The summed E-state index contributed by atoms with van der Waals surface area (Å²) in [7, 11) is -1.81. The van der Waals surface area contributed by atoms with Crippen molar-refractivity contribution in [2.45, 2.75) is 24.9 Å². The van der Waals surface area contributed by atoms with Gasteiger partial charge in [-0.1, -0.05) is 0 Å². The number of carbonyl (C=O) groups excluding carboxylic acids is 1. The first-order valence-electron chi connectivity index (χ1n) is 8.19. The summed E-state index contributed by atoms with van der Waals surface area (Å²) in [5, 5.41) is 6.86. The molecule has 3 rings (SSSR count). The monoisotopic (exact) mass is 366 g/mol. The second-order valence-electron chi connectivity index (χ2n) is 6.33. The highest BCUT2D eigenvalue weighted by atomic mass is 32.2. The number of amides is 1. The summed E-state index contributed by atoms with van der Waals surface area (Å²) in [4.78, 5) is 12.0. The molecule has 25 heavy (non-hydrogen) atoms. The molecular weight excluding hydrogens is 344 g/mol. The van der Waals surface area contributed by atoms with E-state index in [2.05, 4.69) is 10.4 Å². The normalized spacial score (nSPS) is 16.9. The molecule has 136 valence electrons. The van der Waals surface area contributed by atoms with Crippen LogP contribution in [-0.2, 0) is 17.1 Å². The molecule has 0 bridgehead atoms. The highest BCUT2D eigenvalue weighted by Crippen LogP contribution is 2.24. The third-order valence-electron chi connectivity index (χ3n) is 4.40. The van der Waals surface area contributed by atoms with Gasteiger partial charge in [0.15, 0.2) is 0 Å². The lowest BCUT2D eigenvalue weighted by molar-refractivity contribution is 0.0941. The van der Waals surface area contributed by atoms with Crippen molar-refractivity contribution >= 4 is 15.9 Å². The smallest absolute Gasteiger partial charge is 0.276 e. The summed E-state index contributed by atoms with van der Waals surface area (Å²) in [5.74, 6) is 0.672. The number of hydrogen-bond donors (Lipinski definition) is 1. The van der Waals surface area contributed by atoms with Gasteiger partial charge in [-0.2, -0.15) is 9.40 Å². The minimum Gasteiger partial charge on any atom is -0.449 e. The number of nitrogens with one attached hydrogen (secondary N) is 1. The van der Waals surface area contributed by atoms with E-state index in [9.17, 15) is 13.2 Å². The molecule has 3 heterocycles. The number of sulfonamides is 1. The van der Waals surface area contributed by atoms with Gasteiger partial charge in [-0.25, -0.2) is 8.42 Å². The Hall–Kier alpha value is -2.13. The predicted octanol–water partition coefficient (Wildman–Crippen LogP) is 1.15. The lowest BCUT2D eigenvalue weighted by Crippen LogP contribution is -2.41. The zero-order chi connectivity index (χ0) is 18.0. The maximum atomic E-state index is 12.5. The van der Waals surface area contributed by atoms with E-state index >= 15 is 0 Å². The van der Waals surface area contributed by atoms with Crippen LogP contribution in [0.15, 0.2) is 34.0 Å². The van der Waals surface area contributed by atoms with Gasteiger partial charge in [-0.3, -0.25) is 9.48 Å². The third-order valence-corrected chi connectivity index (χ3v) is 6.17. The number of carbonyl (C=O) groups is 1. The van der Waals surface area contributed by atoms with E-state index in [1.165, 1.54) is 16.6 Å². The largest absolute Gasteiger partial charge is 0.449 e. The summed E-state index contributed by atoms with van der Waals surface area (Å²) in [6, 6.07) is 3.14. The van der Waals surface area contributed by atoms with Gasteiger partial charge in [0.25, 0.3) is 15.9 Å². The molecule has 0 spiro atoms. The number of piperidine rings is 1. The first-order valence-corrected chi connectivity index (χ1v) is 9.63. The van der Waals surface area contributed by atoms with Crippen molar-refractivity contribution in [2.24, 2.45) is 13.0 Å². The molecule has 1 aliphatic rings. The molecule has 1 fully saturated rings. The number of aromatic nitrogens is 2. The van der Waals surface area contributed by atoms with Crippen LogP contribution < -0.4 is 5.32 Å². The Kier molecular flexibility index (Phi) is 4.96. The molecule has 0 aromatic carbocycles. The fraction of sp³-hybridized carbons (Fsp3) is 0.500. The van der Waals surface area contributed by atoms with E-state index in [0.29, 0.717) is 43.8 Å². The zero-order valence-corrected chi connectivity index (χ0v) is 15.1. The van der Waals surface area contributed by atoms with Crippen LogP contribution in [0.3, 0.4) is 0 Å². The van der Waals surface area contributed by atoms with Crippen molar-refractivity contribution in [2.75, 3.05) is 19.6 Å². The number of hydrogen-bond acceptors (Lipinski definition) is 5. The lowest BCUT2D eigenvalue weighted by Gasteiger charge is -2.30. The average molecular weight is 366 g/mol. The van der Waals surface area contributed by atoms with Crippen LogP contribution in [0.25, 0.3) is 0 Å². The van der Waals surface area contributed by atoms with Gasteiger partial charge in [0.2, 0.25) is 5.09 Å². The minimum absolute atomic E-state index is 0.00618. The molecule has 2 aromatic heterocycles. The van der Waals surface area contributed by atoms with Crippen molar-refractivity contribution in [3.8, 4) is 0 Å². The topological polar surface area (TPSA) is 97.4 Å². The van der Waals surface area contributed by atoms with E-state index in [-0.39, 0.29) is 16.9 Å². The van der Waals surface area contributed by atoms with Gasteiger partial charge in [-0.05, 0) is 37.8 Å². The molecule has 8 nitrogen and oxygen atoms in total. The van der Waals surface area contributed by atoms with Crippen LogP contribution in [0.1, 0.15) is 29.0 Å². The van der Waals surface area contributed by atoms with Gasteiger partial charge in [0.1, 0.15) is 5.76 Å². The number of nitrogens with zero attached hydrogens (tertiary/aromatic N) is 3. The van der Waals surface area contributed by atoms with Gasteiger partial charge in [0.05, 0.1) is 11.8 Å². The molecule has 1 N–H and O–H groups in total. The molecule has 0 unspecified atom stereocenters. The maximum absolute atomic E-state index is 12.5. The highest BCUT2D eigenvalue weighted by molar-refractivity contribution is 7.89. The van der Waals surface area contributed by atoms with Gasteiger partial charge in [-0.15, -0.1) is 0 Å². The lowest BCUT2D eigenvalue weighted by atomic mass is 9.98. The first kappa shape index (κ1) is 17.7. The second-order valence-corrected chi connectivity index (χ2v) is 8.19. The van der Waals surface area contributed by atoms with Crippen molar-refractivity contribution in [3.05, 3.63) is 35.9 Å². The quantitative estimate of drug-likeness (QED) is 0.856. The molecule has 0 aliphatic carbocycles. The molecule has 1 saturated heterocycles. The maximum Gasteiger partial charge on any atom is 0.276 e. The fourth-order valence-electron chi connectivity index (χ4n) is 2.91. The summed E-state index contributed by atoms with van der Waals surface area (Å²) in [5.41, 5.74) is 0.524. The van der Waals surface area contributed by atoms with Crippen LogP contribution in [0.4, 0.5) is 0 Å². The third kappa shape index (κ3) is 3.93. The zero-order valence-electron chi connectivity index (χ0n) is 14.3. The highest BCUT2D eigenvalue weighted by Gasteiger charge is 2.31. The van der Waals surface area contributed by atoms with E-state index in [1.807, 2.05) is 0 Å². The van der Waals surface area contributed by atoms with E-state index in [4.69, 9.17) is 4.42 Å². The fourth-order valence-corrected chi connectivity index (χ4v) is 4.33. The Bertz CT molecular complexity index is 847. The summed E-state index contributed by atoms with van der Waals surface area (Å²) < 4.78 is 33.3. The van der Waals surface area contributed by atoms with Crippen molar-refractivity contribution in [1.82, 2.24) is 19.4 Å². The van der Waals surface area contributed by atoms with Crippen LogP contribution in [0.2, 0.25) is 0 Å². The molecule has 0 radical (unpaired) electrons. The van der Waals surface area contributed by atoms with Crippen molar-refractivity contribution in [1.29, 1.82) is 0 Å². The Balaban J connectivity index is 1.51. The molecule has 0 saturated carbocycles. The molecule has 1 amide bonds. The number of rotatable bonds is 5. The summed E-state index contributed by atoms with van der Waals surface area (Å²) in [6.07, 6.45) is 4.59. The molecule has 2 aromatic rings. The molecule has 1 aliphatic heterocycles. The Labute approximate surface area is 146 Å². The predicted molar refractivity (Wildman–Crippen MR) is 90.5 cm³/mol. The first-order chi connectivity index (χ1) is 11.9. The number of furan rings is 1. The molecule has 0 atom stereocenters. The van der Waals surface area contributed by atoms with Crippen LogP contribution in [-0.4, -0.2) is 48.0 Å². The summed E-state index contributed by atoms with van der Waals surface area (Å²) >= 11 is 0. The van der Waals surface area contributed by atoms with Crippen LogP contribution >= 0.6 is 0 Å². The summed E-state index contributed by atoms with van der Waals surface area (Å²) in [6.45, 7) is 3.10. The van der Waals surface area contributed by atoms with E-state index in [1.54, 1.807) is 30.9 Å². The van der Waals surface area contributed by atoms with Crippen LogP contribution in [0, 0.1) is 12.8 Å².